The Kier molecular flexibility index (Phi) is 11.3. The number of halogens is 3. The first-order valence-corrected chi connectivity index (χ1v) is 15.7. The van der Waals surface area contributed by atoms with Gasteiger partial charge in [0, 0.05) is 88.8 Å². The number of amides is 1. The standard InChI is InChI=1S/C27H31F3N6O2S2.C2H6O/c1-3-17-14-18(36-8-6-35(7-9-36)10-12-37)4-5-20(17)32-26-31-16-19(27(28,29)30)23(33-26)21-15-22-24(40-21)25(38)34(2)11-13-39-22;1-3-2/h4-5,14-16,37H,3,6-13H2,1-2H3,(H,31,32,33);1-2H3. The number of carbonyl (C=O) groups is 1. The van der Waals surface area contributed by atoms with Crippen molar-refractivity contribution in [1.29, 1.82) is 0 Å². The molecular formula is C29H37F3N6O3S2. The van der Waals surface area contributed by atoms with Crippen molar-refractivity contribution in [3.05, 3.63) is 46.5 Å². The molecule has 2 aliphatic rings. The third-order valence-electron chi connectivity index (χ3n) is 7.12. The minimum atomic E-state index is -4.65. The summed E-state index contributed by atoms with van der Waals surface area (Å²) in [7, 11) is 4.94. The van der Waals surface area contributed by atoms with E-state index in [2.05, 4.69) is 35.9 Å². The van der Waals surface area contributed by atoms with E-state index in [9.17, 15) is 23.1 Å². The van der Waals surface area contributed by atoms with Crippen LogP contribution in [0.15, 0.2) is 35.4 Å². The molecule has 0 spiro atoms. The molecule has 0 saturated carbocycles. The molecule has 2 aliphatic heterocycles. The molecule has 14 heteroatoms. The molecule has 2 aromatic heterocycles. The highest BCUT2D eigenvalue weighted by Crippen LogP contribution is 2.43. The second kappa shape index (κ2) is 14.7. The summed E-state index contributed by atoms with van der Waals surface area (Å²) in [5, 5.41) is 12.3. The van der Waals surface area contributed by atoms with E-state index < -0.39 is 11.7 Å². The van der Waals surface area contributed by atoms with Crippen LogP contribution < -0.4 is 10.2 Å². The summed E-state index contributed by atoms with van der Waals surface area (Å²) < 4.78 is 46.2. The first-order chi connectivity index (χ1) is 20.6. The summed E-state index contributed by atoms with van der Waals surface area (Å²) >= 11 is 2.50. The van der Waals surface area contributed by atoms with Crippen molar-refractivity contribution in [2.24, 2.45) is 0 Å². The molecular weight excluding hydrogens is 601 g/mol. The Bertz CT molecular complexity index is 1400. The van der Waals surface area contributed by atoms with Gasteiger partial charge in [-0.25, -0.2) is 9.97 Å². The average Bonchev–Trinajstić information content (AvgIpc) is 3.36. The molecule has 0 unspecified atom stereocenters. The maximum absolute atomic E-state index is 14.0. The molecule has 9 nitrogen and oxygen atoms in total. The van der Waals surface area contributed by atoms with Crippen molar-refractivity contribution in [2.45, 2.75) is 24.4 Å². The molecule has 1 amide bonds. The highest BCUT2D eigenvalue weighted by Gasteiger charge is 2.37. The Balaban J connectivity index is 0.00000135. The summed E-state index contributed by atoms with van der Waals surface area (Å²) in [6.45, 7) is 6.86. The molecule has 5 rings (SSSR count). The Morgan fingerprint density at radius 3 is 2.49 bits per heavy atom. The molecule has 3 aromatic rings. The van der Waals surface area contributed by atoms with Crippen LogP contribution in [-0.4, -0.2) is 104 Å². The van der Waals surface area contributed by atoms with Crippen LogP contribution in [0.2, 0.25) is 0 Å². The second-order valence-electron chi connectivity index (χ2n) is 10.1. The minimum Gasteiger partial charge on any atom is -0.395 e. The van der Waals surface area contributed by atoms with Gasteiger partial charge in [-0.15, -0.1) is 23.1 Å². The average molecular weight is 639 g/mol. The third kappa shape index (κ3) is 7.98. The Morgan fingerprint density at radius 2 is 1.84 bits per heavy atom. The lowest BCUT2D eigenvalue weighted by molar-refractivity contribution is -0.137. The fourth-order valence-electron chi connectivity index (χ4n) is 4.83. The van der Waals surface area contributed by atoms with Gasteiger partial charge in [-0.2, -0.15) is 13.2 Å². The van der Waals surface area contributed by atoms with Crippen molar-refractivity contribution < 1.29 is 27.8 Å². The summed E-state index contributed by atoms with van der Waals surface area (Å²) in [5.41, 5.74) is 1.62. The fraction of sp³-hybridized carbons (Fsp3) is 0.483. The first-order valence-electron chi connectivity index (χ1n) is 13.9. The number of ether oxygens (including phenoxy) is 1. The SMILES string of the molecule is CCc1cc(N2CCN(CCO)CC2)ccc1Nc1ncc(C(F)(F)F)c(-c2cc3c(s2)C(=O)N(C)CCS3)n1.COC. The van der Waals surface area contributed by atoms with E-state index in [1.165, 1.54) is 11.8 Å². The van der Waals surface area contributed by atoms with Gasteiger partial charge in [0.15, 0.2) is 0 Å². The lowest BCUT2D eigenvalue weighted by atomic mass is 10.1. The van der Waals surface area contributed by atoms with Crippen LogP contribution in [-0.2, 0) is 17.3 Å². The van der Waals surface area contributed by atoms with E-state index in [1.54, 1.807) is 32.2 Å². The number of thiophene rings is 1. The number of aryl methyl sites for hydroxylation is 1. The predicted molar refractivity (Wildman–Crippen MR) is 166 cm³/mol. The van der Waals surface area contributed by atoms with Crippen molar-refractivity contribution in [1.82, 2.24) is 19.8 Å². The first kappa shape index (κ1) is 33.0. The number of aliphatic hydroxyl groups excluding tert-OH is 1. The van der Waals surface area contributed by atoms with E-state index in [-0.39, 0.29) is 29.0 Å². The number of hydrogen-bond acceptors (Lipinski definition) is 10. The van der Waals surface area contributed by atoms with Crippen LogP contribution in [0.25, 0.3) is 10.6 Å². The van der Waals surface area contributed by atoms with Gasteiger partial charge in [0.25, 0.3) is 5.91 Å². The monoisotopic (exact) mass is 638 g/mol. The van der Waals surface area contributed by atoms with Gasteiger partial charge in [-0.05, 0) is 36.2 Å². The molecule has 0 atom stereocenters. The number of aliphatic hydroxyl groups is 1. The summed E-state index contributed by atoms with van der Waals surface area (Å²) in [6.07, 6.45) is -3.14. The molecule has 0 radical (unpaired) electrons. The zero-order chi connectivity index (χ0) is 31.1. The normalized spacial score (nSPS) is 16.0. The molecule has 4 heterocycles. The van der Waals surface area contributed by atoms with Gasteiger partial charge in [-0.1, -0.05) is 6.92 Å². The molecule has 43 heavy (non-hydrogen) atoms. The number of methoxy groups -OCH3 is 1. The van der Waals surface area contributed by atoms with E-state index in [1.807, 2.05) is 19.1 Å². The Labute approximate surface area is 258 Å². The number of benzene rings is 1. The molecule has 0 bridgehead atoms. The zero-order valence-corrected chi connectivity index (χ0v) is 26.3. The van der Waals surface area contributed by atoms with Crippen LogP contribution in [0.4, 0.5) is 30.5 Å². The number of alkyl halides is 3. The van der Waals surface area contributed by atoms with Crippen molar-refractivity contribution in [3.63, 3.8) is 0 Å². The number of rotatable bonds is 7. The summed E-state index contributed by atoms with van der Waals surface area (Å²) in [4.78, 5) is 28.6. The Morgan fingerprint density at radius 1 is 1.12 bits per heavy atom. The van der Waals surface area contributed by atoms with E-state index in [0.717, 1.165) is 60.7 Å². The van der Waals surface area contributed by atoms with Crippen LogP contribution in [0.1, 0.15) is 27.7 Å². The highest BCUT2D eigenvalue weighted by molar-refractivity contribution is 7.99. The van der Waals surface area contributed by atoms with Gasteiger partial charge in [0.1, 0.15) is 10.4 Å². The van der Waals surface area contributed by atoms with Gasteiger partial charge < -0.3 is 25.0 Å². The number of fused-ring (bicyclic) bond motifs is 1. The maximum Gasteiger partial charge on any atom is 0.420 e. The fourth-order valence-corrected chi connectivity index (χ4v) is 7.27. The lowest BCUT2D eigenvalue weighted by Gasteiger charge is -2.36. The largest absolute Gasteiger partial charge is 0.420 e. The lowest BCUT2D eigenvalue weighted by Crippen LogP contribution is -2.47. The van der Waals surface area contributed by atoms with Gasteiger partial charge >= 0.3 is 6.18 Å². The number of nitrogens with one attached hydrogen (secondary N) is 1. The zero-order valence-electron chi connectivity index (χ0n) is 24.7. The number of β-amino-alcohol motifs (C(OH)–C–C–N with tert-alkyl or cyclic N) is 1. The number of nitrogens with zero attached hydrogens (tertiary/aromatic N) is 5. The number of thioether (sulfide) groups is 1. The maximum atomic E-state index is 14.0. The van der Waals surface area contributed by atoms with Crippen molar-refractivity contribution >= 4 is 46.3 Å². The molecule has 0 aliphatic carbocycles. The molecule has 234 valence electrons. The second-order valence-corrected chi connectivity index (χ2v) is 12.3. The van der Waals surface area contributed by atoms with Crippen molar-refractivity contribution in [3.8, 4) is 10.6 Å². The number of anilines is 3. The van der Waals surface area contributed by atoms with E-state index >= 15 is 0 Å². The van der Waals surface area contributed by atoms with Gasteiger partial charge in [0.05, 0.1) is 17.2 Å². The van der Waals surface area contributed by atoms with Crippen LogP contribution in [0.5, 0.6) is 0 Å². The number of hydrogen-bond donors (Lipinski definition) is 2. The van der Waals surface area contributed by atoms with E-state index in [4.69, 9.17) is 0 Å². The van der Waals surface area contributed by atoms with Crippen LogP contribution in [0.3, 0.4) is 0 Å². The van der Waals surface area contributed by atoms with Crippen LogP contribution >= 0.6 is 23.1 Å². The quantitative estimate of drug-likeness (QED) is 0.367. The number of aromatic nitrogens is 2. The van der Waals surface area contributed by atoms with Gasteiger partial charge in [-0.3, -0.25) is 9.69 Å². The number of piperazine rings is 1. The molecule has 1 saturated heterocycles. The third-order valence-corrected chi connectivity index (χ3v) is 9.40. The smallest absolute Gasteiger partial charge is 0.395 e. The van der Waals surface area contributed by atoms with Gasteiger partial charge in [0.2, 0.25) is 5.95 Å². The predicted octanol–water partition coefficient (Wildman–Crippen LogP) is 5.08. The summed E-state index contributed by atoms with van der Waals surface area (Å²) in [6, 6.07) is 7.62. The van der Waals surface area contributed by atoms with Crippen LogP contribution in [0, 0.1) is 0 Å². The van der Waals surface area contributed by atoms with E-state index in [0.29, 0.717) is 35.0 Å². The topological polar surface area (TPSA) is 94.1 Å². The Hall–Kier alpha value is -2.91. The summed E-state index contributed by atoms with van der Waals surface area (Å²) in [5.74, 6) is 0.532. The molecule has 1 aromatic carbocycles. The molecule has 1 fully saturated rings. The van der Waals surface area contributed by atoms with Crippen molar-refractivity contribution in [2.75, 3.05) is 83.1 Å². The molecule has 2 N–H and O–H groups in total. The highest BCUT2D eigenvalue weighted by atomic mass is 32.2. The minimum absolute atomic E-state index is 0.0581. The number of carbonyl (C=O) groups excluding carboxylic acids is 1.